The molecule has 3 unspecified atom stereocenters. The van der Waals surface area contributed by atoms with E-state index in [1.54, 1.807) is 13.8 Å². The van der Waals surface area contributed by atoms with Crippen LogP contribution in [0.4, 0.5) is 0 Å². The van der Waals surface area contributed by atoms with Crippen LogP contribution in [0.1, 0.15) is 33.6 Å². The summed E-state index contributed by atoms with van der Waals surface area (Å²) in [5.74, 6) is -3.30. The number of nitrogens with zero attached hydrogens (tertiary/aromatic N) is 1. The number of carboxylic acid groups (broad SMARTS) is 1. The normalized spacial score (nSPS) is 13.8. The number of carboxylic acids is 1. The molecule has 0 heterocycles. The van der Waals surface area contributed by atoms with Crippen LogP contribution in [0, 0.1) is 5.92 Å². The van der Waals surface area contributed by atoms with E-state index >= 15 is 0 Å². The van der Waals surface area contributed by atoms with Crippen molar-refractivity contribution in [1.29, 1.82) is 0 Å². The van der Waals surface area contributed by atoms with Crippen LogP contribution in [-0.2, 0) is 19.2 Å². The lowest BCUT2D eigenvalue weighted by atomic mass is 10.0. The minimum Gasteiger partial charge on any atom is -0.480 e. The van der Waals surface area contributed by atoms with E-state index in [0.717, 1.165) is 0 Å². The van der Waals surface area contributed by atoms with Gasteiger partial charge in [-0.2, -0.15) is 0 Å². The second-order valence-electron chi connectivity index (χ2n) is 6.64. The molecule has 3 amide bonds. The van der Waals surface area contributed by atoms with Crippen molar-refractivity contribution in [3.05, 3.63) is 0 Å². The summed E-state index contributed by atoms with van der Waals surface area (Å²) in [5.41, 5.74) is 15.8. The smallest absolute Gasteiger partial charge is 0.326 e. The molecular formula is C16H31N7O5. The standard InChI is InChI=1S/C16H31N7O5/c1-8(2)12(23-13(25)9(3)17)14(26)21-7-11(24)22-10(15(27)28)5-4-6-20-16(18)19/h8-10,12H,4-7,17H2,1-3H3,(H,21,26)(H,22,24)(H,23,25)(H,27,28)(H4,18,19,20). The fraction of sp³-hybridized carbons (Fsp3) is 0.688. The molecule has 12 nitrogen and oxygen atoms in total. The Hall–Kier alpha value is -2.89. The molecule has 0 bridgehead atoms. The topological polar surface area (TPSA) is 215 Å². The SMILES string of the molecule is CC(N)C(=O)NC(C(=O)NCC(=O)NC(CCCN=C(N)N)C(=O)O)C(C)C. The zero-order valence-corrected chi connectivity index (χ0v) is 16.4. The Bertz CT molecular complexity index is 588. The first kappa shape index (κ1) is 25.1. The Labute approximate surface area is 163 Å². The van der Waals surface area contributed by atoms with Gasteiger partial charge in [0.05, 0.1) is 12.6 Å². The summed E-state index contributed by atoms with van der Waals surface area (Å²) in [4.78, 5) is 50.9. The van der Waals surface area contributed by atoms with E-state index in [1.165, 1.54) is 6.92 Å². The second kappa shape index (κ2) is 12.5. The first-order chi connectivity index (χ1) is 13.0. The molecule has 0 aromatic heterocycles. The molecule has 0 aliphatic heterocycles. The van der Waals surface area contributed by atoms with Crippen LogP contribution in [0.25, 0.3) is 0 Å². The molecule has 10 N–H and O–H groups in total. The summed E-state index contributed by atoms with van der Waals surface area (Å²) in [6.07, 6.45) is 0.463. The van der Waals surface area contributed by atoms with Gasteiger partial charge in [0.1, 0.15) is 12.1 Å². The van der Waals surface area contributed by atoms with E-state index in [2.05, 4.69) is 20.9 Å². The molecular weight excluding hydrogens is 370 g/mol. The minimum atomic E-state index is -1.21. The van der Waals surface area contributed by atoms with Crippen LogP contribution < -0.4 is 33.2 Å². The quantitative estimate of drug-likeness (QED) is 0.103. The Balaban J connectivity index is 4.61. The third-order valence-electron chi connectivity index (χ3n) is 3.66. The zero-order chi connectivity index (χ0) is 21.9. The monoisotopic (exact) mass is 401 g/mol. The number of aliphatic imine (C=N–C) groups is 1. The Morgan fingerprint density at radius 2 is 1.64 bits per heavy atom. The van der Waals surface area contributed by atoms with Crippen LogP contribution in [0.15, 0.2) is 4.99 Å². The molecule has 0 rings (SSSR count). The molecule has 0 radical (unpaired) electrons. The summed E-state index contributed by atoms with van der Waals surface area (Å²) < 4.78 is 0. The van der Waals surface area contributed by atoms with Crippen molar-refractivity contribution < 1.29 is 24.3 Å². The van der Waals surface area contributed by atoms with Crippen molar-refractivity contribution in [2.24, 2.45) is 28.1 Å². The average molecular weight is 401 g/mol. The van der Waals surface area contributed by atoms with Gasteiger partial charge in [-0.05, 0) is 25.7 Å². The van der Waals surface area contributed by atoms with Gasteiger partial charge in [0.25, 0.3) is 0 Å². The zero-order valence-electron chi connectivity index (χ0n) is 16.4. The van der Waals surface area contributed by atoms with Crippen molar-refractivity contribution in [2.75, 3.05) is 13.1 Å². The van der Waals surface area contributed by atoms with Crippen LogP contribution in [-0.4, -0.2) is 66.0 Å². The molecule has 0 saturated carbocycles. The van der Waals surface area contributed by atoms with Gasteiger partial charge in [-0.3, -0.25) is 19.4 Å². The van der Waals surface area contributed by atoms with Gasteiger partial charge in [0.15, 0.2) is 5.96 Å². The summed E-state index contributed by atoms with van der Waals surface area (Å²) >= 11 is 0. The number of guanidine groups is 1. The molecule has 3 atom stereocenters. The van der Waals surface area contributed by atoms with E-state index < -0.39 is 48.4 Å². The lowest BCUT2D eigenvalue weighted by Crippen LogP contribution is -2.54. The molecule has 0 spiro atoms. The molecule has 28 heavy (non-hydrogen) atoms. The molecule has 12 heteroatoms. The number of hydrogen-bond donors (Lipinski definition) is 7. The van der Waals surface area contributed by atoms with E-state index in [-0.39, 0.29) is 24.8 Å². The lowest BCUT2D eigenvalue weighted by Gasteiger charge is -2.22. The summed E-state index contributed by atoms with van der Waals surface area (Å²) in [7, 11) is 0. The highest BCUT2D eigenvalue weighted by Gasteiger charge is 2.26. The molecule has 0 aromatic carbocycles. The van der Waals surface area contributed by atoms with E-state index in [9.17, 15) is 24.3 Å². The minimum absolute atomic E-state index is 0.102. The number of carbonyl (C=O) groups is 4. The Morgan fingerprint density at radius 1 is 1.04 bits per heavy atom. The fourth-order valence-electron chi connectivity index (χ4n) is 2.10. The maximum absolute atomic E-state index is 12.2. The highest BCUT2D eigenvalue weighted by Crippen LogP contribution is 2.02. The molecule has 0 aliphatic rings. The van der Waals surface area contributed by atoms with Crippen LogP contribution in [0.2, 0.25) is 0 Å². The number of nitrogens with one attached hydrogen (secondary N) is 3. The van der Waals surface area contributed by atoms with Crippen molar-refractivity contribution >= 4 is 29.7 Å². The van der Waals surface area contributed by atoms with Gasteiger partial charge in [-0.25, -0.2) is 4.79 Å². The number of carbonyl (C=O) groups excluding carboxylic acids is 3. The average Bonchev–Trinajstić information content (AvgIpc) is 2.58. The molecule has 0 aromatic rings. The third kappa shape index (κ3) is 10.3. The highest BCUT2D eigenvalue weighted by molar-refractivity contribution is 5.92. The molecule has 0 saturated heterocycles. The van der Waals surface area contributed by atoms with Crippen molar-refractivity contribution in [3.8, 4) is 0 Å². The number of hydrogen-bond acceptors (Lipinski definition) is 6. The third-order valence-corrected chi connectivity index (χ3v) is 3.66. The summed E-state index contributed by atoms with van der Waals surface area (Å²) in [5, 5.41) is 16.4. The second-order valence-corrected chi connectivity index (χ2v) is 6.64. The van der Waals surface area contributed by atoms with Gasteiger partial charge in [0.2, 0.25) is 17.7 Å². The number of amides is 3. The van der Waals surface area contributed by atoms with Crippen molar-refractivity contribution in [1.82, 2.24) is 16.0 Å². The predicted octanol–water partition coefficient (Wildman–Crippen LogP) is -2.79. The van der Waals surface area contributed by atoms with Crippen LogP contribution >= 0.6 is 0 Å². The van der Waals surface area contributed by atoms with E-state index in [0.29, 0.717) is 6.42 Å². The maximum Gasteiger partial charge on any atom is 0.326 e. The number of rotatable bonds is 12. The van der Waals surface area contributed by atoms with Gasteiger partial charge in [0, 0.05) is 6.54 Å². The molecule has 0 fully saturated rings. The van der Waals surface area contributed by atoms with Gasteiger partial charge >= 0.3 is 5.97 Å². The van der Waals surface area contributed by atoms with Crippen molar-refractivity contribution in [2.45, 2.75) is 51.7 Å². The number of aliphatic carboxylic acids is 1. The van der Waals surface area contributed by atoms with Gasteiger partial charge < -0.3 is 38.3 Å². The van der Waals surface area contributed by atoms with Crippen molar-refractivity contribution in [3.63, 3.8) is 0 Å². The van der Waals surface area contributed by atoms with E-state index in [4.69, 9.17) is 17.2 Å². The Morgan fingerprint density at radius 3 is 2.11 bits per heavy atom. The molecule has 0 aliphatic carbocycles. The maximum atomic E-state index is 12.2. The highest BCUT2D eigenvalue weighted by atomic mass is 16.4. The predicted molar refractivity (Wildman–Crippen MR) is 103 cm³/mol. The van der Waals surface area contributed by atoms with Gasteiger partial charge in [-0.1, -0.05) is 13.8 Å². The van der Waals surface area contributed by atoms with Gasteiger partial charge in [-0.15, -0.1) is 0 Å². The van der Waals surface area contributed by atoms with Crippen LogP contribution in [0.3, 0.4) is 0 Å². The van der Waals surface area contributed by atoms with Crippen LogP contribution in [0.5, 0.6) is 0 Å². The lowest BCUT2D eigenvalue weighted by molar-refractivity contribution is -0.142. The fourth-order valence-corrected chi connectivity index (χ4v) is 2.10. The Kier molecular flexibility index (Phi) is 11.2. The van der Waals surface area contributed by atoms with E-state index in [1.807, 2.05) is 0 Å². The first-order valence-corrected chi connectivity index (χ1v) is 8.86. The largest absolute Gasteiger partial charge is 0.480 e. The summed E-state index contributed by atoms with van der Waals surface area (Å²) in [6.45, 7) is 4.73. The first-order valence-electron chi connectivity index (χ1n) is 8.86. The summed E-state index contributed by atoms with van der Waals surface area (Å²) in [6, 6.07) is -2.80. The number of nitrogens with two attached hydrogens (primary N) is 3. The molecule has 160 valence electrons.